The average molecular weight is 398 g/mol. The van der Waals surface area contributed by atoms with Crippen LogP contribution in [0, 0.1) is 0 Å². The summed E-state index contributed by atoms with van der Waals surface area (Å²) in [6.45, 7) is 4.16. The Bertz CT molecular complexity index is 910. The number of anilines is 1. The van der Waals surface area contributed by atoms with Gasteiger partial charge in [-0.1, -0.05) is 0 Å². The average Bonchev–Trinajstić information content (AvgIpc) is 3.19. The zero-order valence-electron chi connectivity index (χ0n) is 16.3. The van der Waals surface area contributed by atoms with Crippen molar-refractivity contribution in [2.75, 3.05) is 31.4 Å². The standard InChI is InChI=1S/C21H22N2O6/c1-3-27-21(26)15-4-7-17(8-5-15)23(14(2)24)11-10-22-20(25)16-6-9-18-19(12-16)29-13-28-18/h4-9,12H,3,10-11,13H2,1-2H3,(H,22,25). The summed E-state index contributed by atoms with van der Waals surface area (Å²) in [6.07, 6.45) is 0. The molecule has 8 heteroatoms. The van der Waals surface area contributed by atoms with Crippen molar-refractivity contribution in [2.24, 2.45) is 0 Å². The van der Waals surface area contributed by atoms with Gasteiger partial charge in [-0.25, -0.2) is 4.79 Å². The van der Waals surface area contributed by atoms with Crippen molar-refractivity contribution in [3.63, 3.8) is 0 Å². The summed E-state index contributed by atoms with van der Waals surface area (Å²) >= 11 is 0. The molecular formula is C21H22N2O6. The van der Waals surface area contributed by atoms with Crippen molar-refractivity contribution < 1.29 is 28.6 Å². The van der Waals surface area contributed by atoms with Gasteiger partial charge in [-0.2, -0.15) is 0 Å². The second kappa shape index (κ2) is 9.09. The SMILES string of the molecule is CCOC(=O)c1ccc(N(CCNC(=O)c2ccc3c(c2)OCO3)C(C)=O)cc1. The van der Waals surface area contributed by atoms with E-state index in [1.165, 1.54) is 11.8 Å². The topological polar surface area (TPSA) is 94.2 Å². The van der Waals surface area contributed by atoms with Gasteiger partial charge in [0.25, 0.3) is 5.91 Å². The molecule has 0 saturated carbocycles. The van der Waals surface area contributed by atoms with Crippen LogP contribution in [0.3, 0.4) is 0 Å². The Morgan fingerprint density at radius 3 is 2.41 bits per heavy atom. The summed E-state index contributed by atoms with van der Waals surface area (Å²) in [5, 5.41) is 2.79. The smallest absolute Gasteiger partial charge is 0.338 e. The fourth-order valence-corrected chi connectivity index (χ4v) is 2.88. The highest BCUT2D eigenvalue weighted by Gasteiger charge is 2.17. The van der Waals surface area contributed by atoms with Crippen LogP contribution in [-0.2, 0) is 9.53 Å². The molecule has 0 aliphatic carbocycles. The van der Waals surface area contributed by atoms with Crippen molar-refractivity contribution >= 4 is 23.5 Å². The number of carbonyl (C=O) groups is 3. The van der Waals surface area contributed by atoms with E-state index in [2.05, 4.69) is 5.32 Å². The number of ether oxygens (including phenoxy) is 3. The number of nitrogens with zero attached hydrogens (tertiary/aromatic N) is 1. The van der Waals surface area contributed by atoms with E-state index in [0.29, 0.717) is 34.9 Å². The van der Waals surface area contributed by atoms with Crippen LogP contribution < -0.4 is 19.7 Å². The number of hydrogen-bond acceptors (Lipinski definition) is 6. The van der Waals surface area contributed by atoms with Crippen molar-refractivity contribution in [3.8, 4) is 11.5 Å². The van der Waals surface area contributed by atoms with Gasteiger partial charge in [0.2, 0.25) is 12.7 Å². The molecule has 2 aromatic carbocycles. The molecule has 0 radical (unpaired) electrons. The Morgan fingerprint density at radius 1 is 1.03 bits per heavy atom. The normalized spacial score (nSPS) is 11.7. The van der Waals surface area contributed by atoms with Gasteiger partial charge in [0.1, 0.15) is 0 Å². The van der Waals surface area contributed by atoms with E-state index >= 15 is 0 Å². The number of benzene rings is 2. The summed E-state index contributed by atoms with van der Waals surface area (Å²) in [6, 6.07) is 11.5. The molecule has 1 aliphatic rings. The van der Waals surface area contributed by atoms with E-state index in [1.807, 2.05) is 0 Å². The third-order valence-corrected chi connectivity index (χ3v) is 4.33. The molecule has 0 spiro atoms. The number of hydrogen-bond donors (Lipinski definition) is 1. The predicted octanol–water partition coefficient (Wildman–Crippen LogP) is 2.37. The highest BCUT2D eigenvalue weighted by Crippen LogP contribution is 2.32. The summed E-state index contributed by atoms with van der Waals surface area (Å²) in [5.41, 5.74) is 1.49. The van der Waals surface area contributed by atoms with Crippen LogP contribution in [0.4, 0.5) is 5.69 Å². The Labute approximate surface area is 168 Å². The van der Waals surface area contributed by atoms with E-state index < -0.39 is 5.97 Å². The molecule has 8 nitrogen and oxygen atoms in total. The van der Waals surface area contributed by atoms with Gasteiger partial charge in [0, 0.05) is 31.3 Å². The number of carbonyl (C=O) groups excluding carboxylic acids is 3. The quantitative estimate of drug-likeness (QED) is 0.720. The highest BCUT2D eigenvalue weighted by atomic mass is 16.7. The Hall–Kier alpha value is -3.55. The Kier molecular flexibility index (Phi) is 6.33. The van der Waals surface area contributed by atoms with Crippen molar-refractivity contribution in [2.45, 2.75) is 13.8 Å². The first-order valence-corrected chi connectivity index (χ1v) is 9.22. The van der Waals surface area contributed by atoms with Gasteiger partial charge in [-0.05, 0) is 49.4 Å². The number of fused-ring (bicyclic) bond motifs is 1. The summed E-state index contributed by atoms with van der Waals surface area (Å²) < 4.78 is 15.5. The van der Waals surface area contributed by atoms with E-state index in [4.69, 9.17) is 14.2 Å². The third kappa shape index (κ3) is 4.84. The van der Waals surface area contributed by atoms with Gasteiger partial charge in [-0.15, -0.1) is 0 Å². The first-order chi connectivity index (χ1) is 14.0. The van der Waals surface area contributed by atoms with Gasteiger partial charge >= 0.3 is 5.97 Å². The summed E-state index contributed by atoms with van der Waals surface area (Å²) in [7, 11) is 0. The zero-order chi connectivity index (χ0) is 20.8. The minimum atomic E-state index is -0.413. The van der Waals surface area contributed by atoms with Crippen LogP contribution in [0.5, 0.6) is 11.5 Å². The monoisotopic (exact) mass is 398 g/mol. The first kappa shape index (κ1) is 20.2. The second-order valence-corrected chi connectivity index (χ2v) is 6.26. The Morgan fingerprint density at radius 2 is 1.72 bits per heavy atom. The predicted molar refractivity (Wildman–Crippen MR) is 105 cm³/mol. The molecule has 0 fully saturated rings. The molecule has 0 saturated heterocycles. The number of nitrogens with one attached hydrogen (secondary N) is 1. The maximum absolute atomic E-state index is 12.4. The summed E-state index contributed by atoms with van der Waals surface area (Å²) in [5.74, 6) is 0.278. The van der Waals surface area contributed by atoms with Crippen LogP contribution in [-0.4, -0.2) is 44.3 Å². The van der Waals surface area contributed by atoms with Crippen LogP contribution >= 0.6 is 0 Å². The molecule has 1 N–H and O–H groups in total. The fourth-order valence-electron chi connectivity index (χ4n) is 2.88. The Balaban J connectivity index is 1.59. The molecule has 0 atom stereocenters. The number of rotatable bonds is 7. The molecule has 29 heavy (non-hydrogen) atoms. The molecule has 0 bridgehead atoms. The van der Waals surface area contributed by atoms with Crippen LogP contribution in [0.1, 0.15) is 34.6 Å². The lowest BCUT2D eigenvalue weighted by Gasteiger charge is -2.21. The molecule has 152 valence electrons. The first-order valence-electron chi connectivity index (χ1n) is 9.22. The molecule has 1 heterocycles. The van der Waals surface area contributed by atoms with Crippen LogP contribution in [0.25, 0.3) is 0 Å². The van der Waals surface area contributed by atoms with Gasteiger partial charge < -0.3 is 24.4 Å². The van der Waals surface area contributed by atoms with E-state index in [1.54, 1.807) is 49.4 Å². The minimum absolute atomic E-state index is 0.142. The maximum Gasteiger partial charge on any atom is 0.338 e. The van der Waals surface area contributed by atoms with E-state index in [9.17, 15) is 14.4 Å². The van der Waals surface area contributed by atoms with Crippen molar-refractivity contribution in [1.82, 2.24) is 5.32 Å². The third-order valence-electron chi connectivity index (χ3n) is 4.33. The van der Waals surface area contributed by atoms with E-state index in [0.717, 1.165) is 0 Å². The molecule has 0 aromatic heterocycles. The zero-order valence-corrected chi connectivity index (χ0v) is 16.3. The van der Waals surface area contributed by atoms with Gasteiger partial charge in [0.05, 0.1) is 12.2 Å². The maximum atomic E-state index is 12.4. The van der Waals surface area contributed by atoms with Crippen molar-refractivity contribution in [3.05, 3.63) is 53.6 Å². The van der Waals surface area contributed by atoms with Gasteiger partial charge in [0.15, 0.2) is 11.5 Å². The number of esters is 1. The lowest BCUT2D eigenvalue weighted by Crippen LogP contribution is -2.37. The molecule has 3 rings (SSSR count). The van der Waals surface area contributed by atoms with Crippen LogP contribution in [0.15, 0.2) is 42.5 Å². The minimum Gasteiger partial charge on any atom is -0.462 e. The lowest BCUT2D eigenvalue weighted by molar-refractivity contribution is -0.116. The van der Waals surface area contributed by atoms with E-state index in [-0.39, 0.29) is 31.7 Å². The largest absolute Gasteiger partial charge is 0.462 e. The molecule has 1 aliphatic heterocycles. The lowest BCUT2D eigenvalue weighted by atomic mass is 10.2. The van der Waals surface area contributed by atoms with Crippen LogP contribution in [0.2, 0.25) is 0 Å². The molecule has 2 amide bonds. The fraction of sp³-hybridized carbons (Fsp3) is 0.286. The number of amides is 2. The second-order valence-electron chi connectivity index (χ2n) is 6.26. The molecule has 2 aromatic rings. The molecule has 0 unspecified atom stereocenters. The summed E-state index contributed by atoms with van der Waals surface area (Å²) in [4.78, 5) is 37.6. The molecular weight excluding hydrogens is 376 g/mol. The van der Waals surface area contributed by atoms with Gasteiger partial charge in [-0.3, -0.25) is 9.59 Å². The highest BCUT2D eigenvalue weighted by molar-refractivity contribution is 5.96. The van der Waals surface area contributed by atoms with Crippen molar-refractivity contribution in [1.29, 1.82) is 0 Å².